The lowest BCUT2D eigenvalue weighted by Crippen LogP contribution is -2.49. The number of alkyl halides is 3. The van der Waals surface area contributed by atoms with Gasteiger partial charge in [-0.1, -0.05) is 42.6 Å². The average Bonchev–Trinajstić information content (AvgIpc) is 3.42. The topological polar surface area (TPSA) is 85.5 Å². The van der Waals surface area contributed by atoms with Gasteiger partial charge in [-0.25, -0.2) is 9.18 Å². The summed E-state index contributed by atoms with van der Waals surface area (Å²) < 4.78 is 63.3. The molecule has 41 heavy (non-hydrogen) atoms. The third-order valence-corrected chi connectivity index (χ3v) is 7.72. The van der Waals surface area contributed by atoms with Crippen LogP contribution in [0.1, 0.15) is 42.5 Å². The van der Waals surface area contributed by atoms with E-state index in [-0.39, 0.29) is 52.6 Å². The molecule has 0 amide bonds. The van der Waals surface area contributed by atoms with Crippen molar-refractivity contribution in [2.75, 3.05) is 13.7 Å². The Bertz CT molecular complexity index is 1500. The van der Waals surface area contributed by atoms with Crippen molar-refractivity contribution < 1.29 is 27.4 Å². The summed E-state index contributed by atoms with van der Waals surface area (Å²) in [6.45, 7) is -0.0481. The molecule has 13 heteroatoms. The van der Waals surface area contributed by atoms with Crippen LogP contribution in [0.3, 0.4) is 0 Å². The summed E-state index contributed by atoms with van der Waals surface area (Å²) in [5, 5.41) is 13.4. The van der Waals surface area contributed by atoms with E-state index in [4.69, 9.17) is 16.3 Å². The number of methoxy groups -OCH3 is 1. The number of aliphatic hydroxyl groups is 1. The molecule has 1 aliphatic rings. The van der Waals surface area contributed by atoms with Gasteiger partial charge >= 0.3 is 11.9 Å². The van der Waals surface area contributed by atoms with Crippen LogP contribution in [0.2, 0.25) is 5.02 Å². The first-order valence-electron chi connectivity index (χ1n) is 12.9. The third kappa shape index (κ3) is 6.80. The minimum Gasteiger partial charge on any atom is -0.495 e. The minimum atomic E-state index is -4.88. The standard InChI is InChI=1S/C28H30ClF4N3O4.ClH/c1-16-24(19-9-5-12-23(40-2)25(19)29)26(38)36(13-18(15-37)34-17-7-3-4-8-17)27(39)35(16)14-20-21(28(31,32)33)10-6-11-22(20)30;/h5-6,9-12,17-18,34,37H,3-4,7-8,13-15H2,1-2H3;1H/t18-;/m1./s1. The SMILES string of the molecule is COc1cccc(-c2c(C)n(Cc3c(F)cccc3C(F)(F)F)c(=O)n(C[C@H](CO)NC3CCCC3)c2=O)c1Cl.Cl. The molecule has 0 unspecified atom stereocenters. The van der Waals surface area contributed by atoms with Gasteiger partial charge in [-0.3, -0.25) is 13.9 Å². The Morgan fingerprint density at radius 1 is 1.12 bits per heavy atom. The summed E-state index contributed by atoms with van der Waals surface area (Å²) in [4.78, 5) is 27.6. The molecule has 1 atom stereocenters. The highest BCUT2D eigenvalue weighted by Gasteiger charge is 2.35. The van der Waals surface area contributed by atoms with E-state index in [1.165, 1.54) is 20.1 Å². The molecule has 1 fully saturated rings. The van der Waals surface area contributed by atoms with E-state index in [2.05, 4.69) is 5.32 Å². The fourth-order valence-electron chi connectivity index (χ4n) is 5.27. The summed E-state index contributed by atoms with van der Waals surface area (Å²) >= 11 is 6.53. The van der Waals surface area contributed by atoms with Gasteiger partial charge in [0, 0.05) is 35.4 Å². The van der Waals surface area contributed by atoms with Crippen molar-refractivity contribution in [1.29, 1.82) is 0 Å². The van der Waals surface area contributed by atoms with Crippen LogP contribution in [0, 0.1) is 12.7 Å². The van der Waals surface area contributed by atoms with E-state index in [9.17, 15) is 32.3 Å². The Hall–Kier alpha value is -2.86. The molecule has 0 radical (unpaired) electrons. The van der Waals surface area contributed by atoms with Gasteiger partial charge in [-0.05, 0) is 38.0 Å². The molecule has 224 valence electrons. The highest BCUT2D eigenvalue weighted by Crippen LogP contribution is 2.36. The van der Waals surface area contributed by atoms with Gasteiger partial charge in [0.2, 0.25) is 0 Å². The number of hydrogen-bond acceptors (Lipinski definition) is 5. The second-order valence-corrected chi connectivity index (χ2v) is 10.2. The highest BCUT2D eigenvalue weighted by atomic mass is 35.5. The van der Waals surface area contributed by atoms with Gasteiger partial charge in [-0.15, -0.1) is 12.4 Å². The second-order valence-electron chi connectivity index (χ2n) is 9.86. The molecule has 2 aromatic carbocycles. The number of rotatable bonds is 9. The van der Waals surface area contributed by atoms with Gasteiger partial charge in [0.1, 0.15) is 11.6 Å². The first kappa shape index (κ1) is 32.7. The predicted molar refractivity (Wildman–Crippen MR) is 151 cm³/mol. The Morgan fingerprint density at radius 3 is 2.39 bits per heavy atom. The molecule has 0 spiro atoms. The molecule has 4 rings (SSSR count). The van der Waals surface area contributed by atoms with Crippen molar-refractivity contribution in [1.82, 2.24) is 14.5 Å². The fraction of sp³-hybridized carbons (Fsp3) is 0.429. The van der Waals surface area contributed by atoms with Crippen LogP contribution in [0.25, 0.3) is 11.1 Å². The van der Waals surface area contributed by atoms with Crippen LogP contribution in [-0.2, 0) is 19.3 Å². The smallest absolute Gasteiger partial charge is 0.416 e. The highest BCUT2D eigenvalue weighted by molar-refractivity contribution is 6.34. The molecule has 1 aromatic heterocycles. The maximum absolute atomic E-state index is 14.8. The van der Waals surface area contributed by atoms with Gasteiger partial charge in [0.15, 0.2) is 0 Å². The van der Waals surface area contributed by atoms with Crippen LogP contribution in [0.4, 0.5) is 17.6 Å². The van der Waals surface area contributed by atoms with E-state index in [1.807, 2.05) is 0 Å². The Kier molecular flexibility index (Phi) is 10.7. The number of benzene rings is 2. The summed E-state index contributed by atoms with van der Waals surface area (Å²) in [6.07, 6.45) is -1.11. The molecule has 0 bridgehead atoms. The Balaban J connectivity index is 0.00000462. The summed E-state index contributed by atoms with van der Waals surface area (Å²) in [5.74, 6) is -0.900. The molecule has 0 saturated heterocycles. The van der Waals surface area contributed by atoms with Crippen molar-refractivity contribution in [3.63, 3.8) is 0 Å². The maximum Gasteiger partial charge on any atom is 0.416 e. The zero-order valence-electron chi connectivity index (χ0n) is 22.4. The van der Waals surface area contributed by atoms with Gasteiger partial charge in [0.05, 0.1) is 36.4 Å². The summed E-state index contributed by atoms with van der Waals surface area (Å²) in [6, 6.07) is 6.65. The number of nitrogens with zero attached hydrogens (tertiary/aromatic N) is 2. The quantitative estimate of drug-likeness (QED) is 0.323. The lowest BCUT2D eigenvalue weighted by molar-refractivity contribution is -0.138. The number of ether oxygens (including phenoxy) is 1. The van der Waals surface area contributed by atoms with Gasteiger partial charge in [-0.2, -0.15) is 13.2 Å². The molecule has 1 saturated carbocycles. The molecular formula is C28H31Cl2F4N3O4. The monoisotopic (exact) mass is 619 g/mol. The summed E-state index contributed by atoms with van der Waals surface area (Å²) in [7, 11) is 1.38. The third-order valence-electron chi connectivity index (χ3n) is 7.33. The number of nitrogens with one attached hydrogen (secondary N) is 1. The van der Waals surface area contributed by atoms with Gasteiger partial charge in [0.25, 0.3) is 5.56 Å². The summed E-state index contributed by atoms with van der Waals surface area (Å²) in [5.41, 5.74) is -3.50. The van der Waals surface area contributed by atoms with Crippen LogP contribution in [0.5, 0.6) is 5.75 Å². The number of halogens is 6. The Labute approximate surface area is 245 Å². The second kappa shape index (κ2) is 13.4. The number of aromatic nitrogens is 2. The molecule has 7 nitrogen and oxygen atoms in total. The van der Waals surface area contributed by atoms with E-state index >= 15 is 0 Å². The van der Waals surface area contributed by atoms with E-state index in [0.717, 1.165) is 53.0 Å². The Morgan fingerprint density at radius 2 is 1.78 bits per heavy atom. The van der Waals surface area contributed by atoms with Crippen molar-refractivity contribution in [3.8, 4) is 16.9 Å². The molecular weight excluding hydrogens is 589 g/mol. The number of aliphatic hydroxyl groups excluding tert-OH is 1. The fourth-order valence-corrected chi connectivity index (χ4v) is 5.57. The molecule has 1 aliphatic carbocycles. The van der Waals surface area contributed by atoms with Crippen molar-refractivity contribution in [3.05, 3.63) is 84.9 Å². The van der Waals surface area contributed by atoms with Crippen molar-refractivity contribution in [2.24, 2.45) is 0 Å². The molecule has 3 aromatic rings. The van der Waals surface area contributed by atoms with Gasteiger partial charge < -0.3 is 15.2 Å². The van der Waals surface area contributed by atoms with Crippen LogP contribution in [-0.4, -0.2) is 40.0 Å². The zero-order valence-corrected chi connectivity index (χ0v) is 24.0. The van der Waals surface area contributed by atoms with Crippen molar-refractivity contribution >= 4 is 24.0 Å². The van der Waals surface area contributed by atoms with E-state index < -0.39 is 53.6 Å². The van der Waals surface area contributed by atoms with E-state index in [1.54, 1.807) is 12.1 Å². The molecule has 0 aliphatic heterocycles. The first-order chi connectivity index (χ1) is 19.0. The van der Waals surface area contributed by atoms with Crippen LogP contribution >= 0.6 is 24.0 Å². The normalized spacial score (nSPS) is 14.6. The molecule has 2 N–H and O–H groups in total. The largest absolute Gasteiger partial charge is 0.495 e. The maximum atomic E-state index is 14.8. The van der Waals surface area contributed by atoms with Crippen molar-refractivity contribution in [2.45, 2.75) is 64.0 Å². The minimum absolute atomic E-state index is 0. The lowest BCUT2D eigenvalue weighted by atomic mass is 10.0. The predicted octanol–water partition coefficient (Wildman–Crippen LogP) is 5.17. The first-order valence-corrected chi connectivity index (χ1v) is 13.2. The average molecular weight is 620 g/mol. The van der Waals surface area contributed by atoms with E-state index in [0.29, 0.717) is 0 Å². The number of hydrogen-bond donors (Lipinski definition) is 2. The van der Waals surface area contributed by atoms with Crippen LogP contribution in [0.15, 0.2) is 46.0 Å². The zero-order chi connectivity index (χ0) is 29.2. The van der Waals surface area contributed by atoms with Crippen LogP contribution < -0.4 is 21.3 Å². The lowest BCUT2D eigenvalue weighted by Gasteiger charge is -2.24. The molecule has 1 heterocycles.